The molecule has 1 aliphatic rings. The minimum Gasteiger partial charge on any atom is -0.465 e. The average Bonchev–Trinajstić information content (AvgIpc) is 2.33. The van der Waals surface area contributed by atoms with Gasteiger partial charge in [0.1, 0.15) is 16.9 Å². The van der Waals surface area contributed by atoms with Crippen LogP contribution in [0.3, 0.4) is 0 Å². The quantitative estimate of drug-likeness (QED) is 0.803. The Kier molecular flexibility index (Phi) is 3.93. The monoisotopic (exact) mass is 302 g/mol. The maximum Gasteiger partial charge on any atom is 0.573 e. The lowest BCUT2D eigenvalue weighted by Crippen LogP contribution is -2.49. The minimum absolute atomic E-state index is 0.0682. The van der Waals surface area contributed by atoms with Gasteiger partial charge in [0.25, 0.3) is 0 Å². The zero-order chi connectivity index (χ0) is 15.7. The largest absolute Gasteiger partial charge is 0.573 e. The molecule has 0 saturated heterocycles. The standard InChI is InChI=1S/C14H13F3O4/c1-2-20-12(19)13(7-10(18)8-13)9-4-3-5-11(6-9)21-14(15,16)17/h3-6H,2,7-8H2,1H3. The molecule has 0 N–H and O–H groups in total. The smallest absolute Gasteiger partial charge is 0.465 e. The first kappa shape index (κ1) is 15.3. The van der Waals surface area contributed by atoms with Crippen molar-refractivity contribution < 1.29 is 32.2 Å². The van der Waals surface area contributed by atoms with Crippen LogP contribution in [0.25, 0.3) is 0 Å². The lowest BCUT2D eigenvalue weighted by Gasteiger charge is -2.38. The van der Waals surface area contributed by atoms with Crippen LogP contribution in [0.1, 0.15) is 25.3 Å². The lowest BCUT2D eigenvalue weighted by molar-refractivity contribution is -0.274. The number of hydrogen-bond donors (Lipinski definition) is 0. The Labute approximate surface area is 118 Å². The van der Waals surface area contributed by atoms with Crippen LogP contribution in [0.4, 0.5) is 13.2 Å². The van der Waals surface area contributed by atoms with Gasteiger partial charge in [-0.1, -0.05) is 12.1 Å². The van der Waals surface area contributed by atoms with E-state index in [0.29, 0.717) is 5.56 Å². The van der Waals surface area contributed by atoms with Crippen LogP contribution in [0, 0.1) is 0 Å². The number of esters is 1. The summed E-state index contributed by atoms with van der Waals surface area (Å²) in [5.74, 6) is -1.16. The van der Waals surface area contributed by atoms with Crippen LogP contribution in [0.15, 0.2) is 24.3 Å². The van der Waals surface area contributed by atoms with E-state index in [2.05, 4.69) is 4.74 Å². The summed E-state index contributed by atoms with van der Waals surface area (Å²) < 4.78 is 45.5. The molecule has 1 aromatic carbocycles. The van der Waals surface area contributed by atoms with Crippen molar-refractivity contribution in [2.75, 3.05) is 6.61 Å². The second kappa shape index (κ2) is 5.38. The number of benzene rings is 1. The Morgan fingerprint density at radius 2 is 2.00 bits per heavy atom. The maximum absolute atomic E-state index is 12.2. The van der Waals surface area contributed by atoms with E-state index >= 15 is 0 Å². The molecule has 0 amide bonds. The van der Waals surface area contributed by atoms with Gasteiger partial charge < -0.3 is 9.47 Å². The van der Waals surface area contributed by atoms with Crippen molar-refractivity contribution in [2.45, 2.75) is 31.5 Å². The third-order valence-corrected chi connectivity index (χ3v) is 3.28. The molecule has 1 aliphatic carbocycles. The molecule has 2 rings (SSSR count). The summed E-state index contributed by atoms with van der Waals surface area (Å²) in [7, 11) is 0. The lowest BCUT2D eigenvalue weighted by atomic mass is 9.63. The molecule has 0 spiro atoms. The van der Waals surface area contributed by atoms with Crippen molar-refractivity contribution in [1.82, 2.24) is 0 Å². The van der Waals surface area contributed by atoms with Gasteiger partial charge in [-0.3, -0.25) is 9.59 Å². The molecule has 114 valence electrons. The van der Waals surface area contributed by atoms with Crippen LogP contribution >= 0.6 is 0 Å². The highest BCUT2D eigenvalue weighted by Crippen LogP contribution is 2.43. The second-order valence-corrected chi connectivity index (χ2v) is 4.77. The van der Waals surface area contributed by atoms with E-state index in [1.54, 1.807) is 6.92 Å². The molecule has 0 aliphatic heterocycles. The van der Waals surface area contributed by atoms with E-state index in [-0.39, 0.29) is 25.2 Å². The first-order chi connectivity index (χ1) is 9.77. The molecular formula is C14H13F3O4. The molecule has 0 aromatic heterocycles. The van der Waals surface area contributed by atoms with Gasteiger partial charge in [0.05, 0.1) is 6.61 Å². The maximum atomic E-state index is 12.2. The zero-order valence-electron chi connectivity index (χ0n) is 11.2. The number of carbonyl (C=O) groups is 2. The summed E-state index contributed by atoms with van der Waals surface area (Å²) in [6, 6.07) is 5.10. The average molecular weight is 302 g/mol. The Morgan fingerprint density at radius 1 is 1.33 bits per heavy atom. The van der Waals surface area contributed by atoms with E-state index in [1.807, 2.05) is 0 Å². The first-order valence-electron chi connectivity index (χ1n) is 6.32. The van der Waals surface area contributed by atoms with Crippen LogP contribution in [0.2, 0.25) is 0 Å². The van der Waals surface area contributed by atoms with Gasteiger partial charge in [-0.15, -0.1) is 13.2 Å². The van der Waals surface area contributed by atoms with E-state index in [4.69, 9.17) is 4.74 Å². The van der Waals surface area contributed by atoms with Crippen molar-refractivity contribution in [3.05, 3.63) is 29.8 Å². The summed E-state index contributed by atoms with van der Waals surface area (Å²) in [5.41, 5.74) is -0.903. The van der Waals surface area contributed by atoms with Crippen LogP contribution in [-0.2, 0) is 19.7 Å². The van der Waals surface area contributed by atoms with Gasteiger partial charge >= 0.3 is 12.3 Å². The number of ketones is 1. The molecule has 1 fully saturated rings. The molecule has 0 heterocycles. The molecule has 1 aromatic rings. The molecule has 7 heteroatoms. The van der Waals surface area contributed by atoms with Crippen LogP contribution < -0.4 is 4.74 Å². The number of halogens is 3. The molecular weight excluding hydrogens is 289 g/mol. The van der Waals surface area contributed by atoms with Crippen LogP contribution in [-0.4, -0.2) is 24.7 Å². The Bertz CT molecular complexity index is 558. The molecule has 0 atom stereocenters. The highest BCUT2D eigenvalue weighted by atomic mass is 19.4. The third-order valence-electron chi connectivity index (χ3n) is 3.28. The summed E-state index contributed by atoms with van der Waals surface area (Å²) in [4.78, 5) is 23.3. The van der Waals surface area contributed by atoms with Crippen molar-refractivity contribution in [3.63, 3.8) is 0 Å². The summed E-state index contributed by atoms with van der Waals surface area (Å²) in [6.45, 7) is 1.75. The number of alkyl halides is 3. The van der Waals surface area contributed by atoms with Gasteiger partial charge in [-0.05, 0) is 24.6 Å². The highest BCUT2D eigenvalue weighted by molar-refractivity contribution is 6.02. The van der Waals surface area contributed by atoms with E-state index in [9.17, 15) is 22.8 Å². The Balaban J connectivity index is 2.32. The molecule has 1 saturated carbocycles. The highest BCUT2D eigenvalue weighted by Gasteiger charge is 2.52. The molecule has 4 nitrogen and oxygen atoms in total. The molecule has 0 bridgehead atoms. The normalized spacial score (nSPS) is 17.0. The van der Waals surface area contributed by atoms with Gasteiger partial charge in [-0.25, -0.2) is 0 Å². The van der Waals surface area contributed by atoms with Crippen molar-refractivity contribution >= 4 is 11.8 Å². The fraction of sp³-hybridized carbons (Fsp3) is 0.429. The number of hydrogen-bond acceptors (Lipinski definition) is 4. The second-order valence-electron chi connectivity index (χ2n) is 4.77. The number of ether oxygens (including phenoxy) is 2. The number of carbonyl (C=O) groups excluding carboxylic acids is 2. The van der Waals surface area contributed by atoms with Gasteiger partial charge in [0, 0.05) is 12.8 Å². The SMILES string of the molecule is CCOC(=O)C1(c2cccc(OC(F)(F)F)c2)CC(=O)C1. The van der Waals surface area contributed by atoms with Gasteiger partial charge in [0.2, 0.25) is 0 Å². The predicted molar refractivity (Wildman–Crippen MR) is 65.7 cm³/mol. The number of rotatable bonds is 4. The Morgan fingerprint density at radius 3 is 2.52 bits per heavy atom. The summed E-state index contributed by atoms with van der Waals surface area (Å²) in [6.07, 6.45) is -4.95. The van der Waals surface area contributed by atoms with Gasteiger partial charge in [0.15, 0.2) is 0 Å². The molecule has 0 unspecified atom stereocenters. The zero-order valence-corrected chi connectivity index (χ0v) is 11.2. The molecule has 21 heavy (non-hydrogen) atoms. The van der Waals surface area contributed by atoms with E-state index in [0.717, 1.165) is 12.1 Å². The topological polar surface area (TPSA) is 52.6 Å². The van der Waals surface area contributed by atoms with Crippen molar-refractivity contribution in [2.24, 2.45) is 0 Å². The number of Topliss-reactive ketones (excluding diaryl/α,β-unsaturated/α-hetero) is 1. The minimum atomic E-state index is -4.81. The predicted octanol–water partition coefficient (Wildman–Crippen LogP) is 2.75. The van der Waals surface area contributed by atoms with Gasteiger partial charge in [-0.2, -0.15) is 0 Å². The fourth-order valence-corrected chi connectivity index (χ4v) is 2.35. The van der Waals surface area contributed by atoms with Crippen LogP contribution in [0.5, 0.6) is 5.75 Å². The Hall–Kier alpha value is -2.05. The third kappa shape index (κ3) is 3.17. The first-order valence-corrected chi connectivity index (χ1v) is 6.32. The summed E-state index contributed by atoms with van der Waals surface area (Å²) >= 11 is 0. The van der Waals surface area contributed by atoms with E-state index in [1.165, 1.54) is 12.1 Å². The fourth-order valence-electron chi connectivity index (χ4n) is 2.35. The van der Waals surface area contributed by atoms with Crippen molar-refractivity contribution in [1.29, 1.82) is 0 Å². The molecule has 0 radical (unpaired) electrons. The summed E-state index contributed by atoms with van der Waals surface area (Å²) in [5, 5.41) is 0. The van der Waals surface area contributed by atoms with E-state index < -0.39 is 23.5 Å². The van der Waals surface area contributed by atoms with Crippen molar-refractivity contribution in [3.8, 4) is 5.75 Å².